The summed E-state index contributed by atoms with van der Waals surface area (Å²) in [5, 5.41) is 12.0. The first-order valence-electron chi connectivity index (χ1n) is 15.2. The lowest BCUT2D eigenvalue weighted by molar-refractivity contribution is -0.124. The summed E-state index contributed by atoms with van der Waals surface area (Å²) in [6, 6.07) is 21.6. The zero-order valence-corrected chi connectivity index (χ0v) is 27.5. The number of carbonyl (C=O) groups excluding carboxylic acids is 3. The number of nitrogens with zero attached hydrogens (tertiary/aromatic N) is 2. The topological polar surface area (TPSA) is 148 Å². The van der Waals surface area contributed by atoms with Crippen molar-refractivity contribution >= 4 is 40.7 Å². The van der Waals surface area contributed by atoms with E-state index in [1.165, 1.54) is 12.8 Å². The number of fused-ring (bicyclic) bond motifs is 1. The molecule has 248 valence electrons. The number of aliphatic hydroxyl groups excluding tert-OH is 1. The SMILES string of the molecule is CCCCN.CN1CCCC1C(=O)NCC(=O)c1nc2ccccc2o1.COc1ccc(CC=O)cc1.OCc1ccc(Cl)cc1. The number of rotatable bonds is 10. The van der Waals surface area contributed by atoms with Crippen LogP contribution in [-0.4, -0.2) is 72.8 Å². The molecule has 1 unspecified atom stereocenters. The number of aromatic nitrogens is 1. The third-order valence-corrected chi connectivity index (χ3v) is 7.16. The smallest absolute Gasteiger partial charge is 0.266 e. The van der Waals surface area contributed by atoms with Gasteiger partial charge in [0.2, 0.25) is 11.7 Å². The summed E-state index contributed by atoms with van der Waals surface area (Å²) in [4.78, 5) is 40.3. The van der Waals surface area contributed by atoms with Crippen LogP contribution < -0.4 is 15.8 Å². The van der Waals surface area contributed by atoms with E-state index in [1.54, 1.807) is 43.5 Å². The van der Waals surface area contributed by atoms with Gasteiger partial charge in [0.05, 0.1) is 26.3 Å². The lowest BCUT2D eigenvalue weighted by Crippen LogP contribution is -2.43. The Morgan fingerprint density at radius 1 is 1.11 bits per heavy atom. The number of ketones is 1. The predicted molar refractivity (Wildman–Crippen MR) is 181 cm³/mol. The number of aldehydes is 1. The van der Waals surface area contributed by atoms with Gasteiger partial charge in [0, 0.05) is 11.4 Å². The molecule has 10 nitrogen and oxygen atoms in total. The minimum Gasteiger partial charge on any atom is -0.497 e. The average Bonchev–Trinajstić information content (AvgIpc) is 3.72. The minimum absolute atomic E-state index is 0.0382. The number of benzene rings is 3. The Bertz CT molecular complexity index is 1430. The number of unbranched alkanes of at least 4 members (excludes halogenated alkanes) is 1. The van der Waals surface area contributed by atoms with Crippen molar-refractivity contribution in [3.63, 3.8) is 0 Å². The second kappa shape index (κ2) is 21.6. The number of methoxy groups -OCH3 is 1. The van der Waals surface area contributed by atoms with E-state index >= 15 is 0 Å². The standard InChI is InChI=1S/C15H17N3O3.C9H10O2.C7H7ClO.C4H11N/c1-18-8-4-6-11(18)14(20)16-9-12(19)15-17-10-5-2-3-7-13(10)21-15;1-11-9-4-2-8(3-5-9)6-7-10;8-7-3-1-6(5-9)2-4-7;1-2-3-4-5/h2-3,5,7,11H,4,6,8-9H2,1H3,(H,16,20);2-5,7H,6H2,1H3;1-4,9H,5H2;2-5H2,1H3. The van der Waals surface area contributed by atoms with Crippen molar-refractivity contribution in [3.05, 3.63) is 94.8 Å². The Morgan fingerprint density at radius 2 is 1.78 bits per heavy atom. The van der Waals surface area contributed by atoms with E-state index in [-0.39, 0.29) is 36.8 Å². The van der Waals surface area contributed by atoms with Gasteiger partial charge in [-0.05, 0) is 86.9 Å². The van der Waals surface area contributed by atoms with Crippen molar-refractivity contribution in [1.82, 2.24) is 15.2 Å². The van der Waals surface area contributed by atoms with Crippen LogP contribution in [0.4, 0.5) is 0 Å². The molecule has 4 aromatic rings. The highest BCUT2D eigenvalue weighted by atomic mass is 35.5. The highest BCUT2D eigenvalue weighted by Crippen LogP contribution is 2.16. The number of nitrogens with one attached hydrogen (secondary N) is 1. The fourth-order valence-corrected chi connectivity index (χ4v) is 4.37. The van der Waals surface area contributed by atoms with Crippen LogP contribution in [0.25, 0.3) is 11.1 Å². The van der Waals surface area contributed by atoms with E-state index < -0.39 is 0 Å². The average molecular weight is 653 g/mol. The van der Waals surface area contributed by atoms with Gasteiger partial charge in [-0.25, -0.2) is 4.98 Å². The van der Waals surface area contributed by atoms with Crippen LogP contribution in [0.5, 0.6) is 5.75 Å². The summed E-state index contributed by atoms with van der Waals surface area (Å²) in [5.41, 5.74) is 8.26. The number of Topliss-reactive ketones (excluding diaryl/α,β-unsaturated/α-hetero) is 1. The van der Waals surface area contributed by atoms with Crippen LogP contribution in [0.1, 0.15) is 54.4 Å². The zero-order valence-electron chi connectivity index (χ0n) is 26.8. The maximum atomic E-state index is 12.0. The van der Waals surface area contributed by atoms with Crippen molar-refractivity contribution < 1.29 is 28.6 Å². The molecule has 1 amide bonds. The van der Waals surface area contributed by atoms with E-state index in [1.807, 2.05) is 48.3 Å². The highest BCUT2D eigenvalue weighted by molar-refractivity contribution is 6.30. The molecule has 1 atom stereocenters. The third kappa shape index (κ3) is 13.5. The van der Waals surface area contributed by atoms with Crippen molar-refractivity contribution in [1.29, 1.82) is 0 Å². The molecule has 0 saturated carbocycles. The second-order valence-electron chi connectivity index (χ2n) is 10.4. The number of hydrogen-bond acceptors (Lipinski definition) is 9. The number of para-hydroxylation sites is 2. The lowest BCUT2D eigenvalue weighted by atomic mass is 10.2. The van der Waals surface area contributed by atoms with Gasteiger partial charge < -0.3 is 30.1 Å². The number of ether oxygens (including phenoxy) is 1. The zero-order chi connectivity index (χ0) is 33.7. The van der Waals surface area contributed by atoms with Gasteiger partial charge in [0.25, 0.3) is 5.89 Å². The summed E-state index contributed by atoms with van der Waals surface area (Å²) in [6.45, 7) is 3.88. The van der Waals surface area contributed by atoms with Gasteiger partial charge >= 0.3 is 0 Å². The Hall–Kier alpha value is -4.09. The number of likely N-dealkylation sites (N-methyl/N-ethyl adjacent to an activating group) is 1. The number of nitrogens with two attached hydrogens (primary N) is 1. The largest absolute Gasteiger partial charge is 0.497 e. The van der Waals surface area contributed by atoms with Crippen LogP contribution in [0.2, 0.25) is 5.02 Å². The molecule has 1 fully saturated rings. The number of oxazole rings is 1. The fourth-order valence-electron chi connectivity index (χ4n) is 4.25. The summed E-state index contributed by atoms with van der Waals surface area (Å²) >= 11 is 5.59. The van der Waals surface area contributed by atoms with Crippen LogP contribution in [-0.2, 0) is 22.6 Å². The maximum Gasteiger partial charge on any atom is 0.266 e. The molecule has 5 rings (SSSR count). The van der Waals surface area contributed by atoms with Crippen LogP contribution in [0, 0.1) is 0 Å². The molecule has 0 bridgehead atoms. The molecule has 0 spiro atoms. The third-order valence-electron chi connectivity index (χ3n) is 6.91. The molecule has 1 aliphatic rings. The summed E-state index contributed by atoms with van der Waals surface area (Å²) < 4.78 is 10.3. The predicted octanol–water partition coefficient (Wildman–Crippen LogP) is 5.24. The summed E-state index contributed by atoms with van der Waals surface area (Å²) in [6.07, 6.45) is 5.59. The second-order valence-corrected chi connectivity index (χ2v) is 10.8. The molecule has 46 heavy (non-hydrogen) atoms. The van der Waals surface area contributed by atoms with Crippen molar-refractivity contribution in [2.75, 3.05) is 33.8 Å². The first-order chi connectivity index (χ1) is 22.3. The molecule has 3 aromatic carbocycles. The van der Waals surface area contributed by atoms with Gasteiger partial charge in [-0.2, -0.15) is 0 Å². The quantitative estimate of drug-likeness (QED) is 0.155. The fraction of sp³-hybridized carbons (Fsp3) is 0.371. The number of likely N-dealkylation sites (tertiary alicyclic amines) is 1. The Labute approximate surface area is 275 Å². The van der Waals surface area contributed by atoms with Crippen molar-refractivity contribution in [3.8, 4) is 5.75 Å². The molecule has 4 N–H and O–H groups in total. The van der Waals surface area contributed by atoms with E-state index in [0.29, 0.717) is 22.5 Å². The Balaban J connectivity index is 0.000000247. The van der Waals surface area contributed by atoms with Crippen LogP contribution in [0.15, 0.2) is 77.2 Å². The summed E-state index contributed by atoms with van der Waals surface area (Å²) in [7, 11) is 3.54. The van der Waals surface area contributed by atoms with E-state index in [2.05, 4.69) is 17.2 Å². The van der Waals surface area contributed by atoms with Gasteiger partial charge in [-0.3, -0.25) is 14.5 Å². The van der Waals surface area contributed by atoms with Crippen LogP contribution >= 0.6 is 11.6 Å². The molecule has 0 aliphatic carbocycles. The van der Waals surface area contributed by atoms with Gasteiger partial charge in [0.15, 0.2) is 5.58 Å². The van der Waals surface area contributed by atoms with Crippen LogP contribution in [0.3, 0.4) is 0 Å². The number of hydrogen-bond donors (Lipinski definition) is 3. The van der Waals surface area contributed by atoms with E-state index in [0.717, 1.165) is 49.1 Å². The molecule has 0 radical (unpaired) electrons. The lowest BCUT2D eigenvalue weighted by Gasteiger charge is -2.17. The molecule has 1 aromatic heterocycles. The number of aliphatic hydroxyl groups is 1. The van der Waals surface area contributed by atoms with Crippen molar-refractivity contribution in [2.45, 2.75) is 51.7 Å². The van der Waals surface area contributed by atoms with Gasteiger partial charge in [-0.1, -0.05) is 61.3 Å². The minimum atomic E-state index is -0.319. The van der Waals surface area contributed by atoms with Gasteiger partial charge in [0.1, 0.15) is 17.6 Å². The molecule has 1 saturated heterocycles. The Morgan fingerprint density at radius 3 is 2.30 bits per heavy atom. The molecular weight excluding hydrogens is 608 g/mol. The molecule has 1 aliphatic heterocycles. The Kier molecular flexibility index (Phi) is 17.9. The first kappa shape index (κ1) is 38.1. The number of amides is 1. The monoisotopic (exact) mass is 652 g/mol. The van der Waals surface area contributed by atoms with E-state index in [4.69, 9.17) is 31.6 Å². The molecular formula is C35H45ClN4O6. The van der Waals surface area contributed by atoms with Crippen molar-refractivity contribution in [2.24, 2.45) is 5.73 Å². The molecule has 11 heteroatoms. The first-order valence-corrected chi connectivity index (χ1v) is 15.6. The number of carbonyl (C=O) groups is 3. The van der Waals surface area contributed by atoms with E-state index in [9.17, 15) is 14.4 Å². The summed E-state index contributed by atoms with van der Waals surface area (Å²) in [5.74, 6) is 0.426. The number of halogens is 1. The van der Waals surface area contributed by atoms with Gasteiger partial charge in [-0.15, -0.1) is 0 Å². The molecule has 2 heterocycles. The normalized spacial score (nSPS) is 13.7. The highest BCUT2D eigenvalue weighted by Gasteiger charge is 2.28. The maximum absolute atomic E-state index is 12.0.